The molecule has 0 unspecified atom stereocenters. The standard InChI is InChI=1S/C9H8N2OS/c12-7-1-3-8(4-2-7)13-9-10-5-6-11-9/h1-6,12H,(H,10,11). The molecule has 0 saturated heterocycles. The summed E-state index contributed by atoms with van der Waals surface area (Å²) in [6.45, 7) is 0. The SMILES string of the molecule is Oc1ccc(Sc2ncc[nH]2)cc1. The van der Waals surface area contributed by atoms with Gasteiger partial charge in [0.25, 0.3) is 0 Å². The van der Waals surface area contributed by atoms with Crippen molar-refractivity contribution in [1.82, 2.24) is 9.97 Å². The van der Waals surface area contributed by atoms with Crippen LogP contribution in [0.15, 0.2) is 46.7 Å². The number of phenolic OH excluding ortho intramolecular Hbond substituents is 1. The van der Waals surface area contributed by atoms with Gasteiger partial charge in [-0.05, 0) is 24.3 Å². The van der Waals surface area contributed by atoms with Gasteiger partial charge in [-0.3, -0.25) is 0 Å². The Labute approximate surface area is 79.8 Å². The van der Waals surface area contributed by atoms with Crippen LogP contribution in [0.1, 0.15) is 0 Å². The highest BCUT2D eigenvalue weighted by Gasteiger charge is 1.97. The summed E-state index contributed by atoms with van der Waals surface area (Å²) in [6, 6.07) is 7.02. The Morgan fingerprint density at radius 3 is 2.62 bits per heavy atom. The van der Waals surface area contributed by atoms with Gasteiger partial charge in [-0.25, -0.2) is 4.98 Å². The molecule has 1 aromatic heterocycles. The van der Waals surface area contributed by atoms with Crippen LogP contribution in [0.5, 0.6) is 5.75 Å². The number of rotatable bonds is 2. The van der Waals surface area contributed by atoms with Crippen molar-refractivity contribution < 1.29 is 5.11 Å². The topological polar surface area (TPSA) is 48.9 Å². The second-order valence-corrected chi connectivity index (χ2v) is 3.55. The first-order valence-electron chi connectivity index (χ1n) is 3.81. The van der Waals surface area contributed by atoms with Crippen molar-refractivity contribution in [3.8, 4) is 5.75 Å². The second kappa shape index (κ2) is 3.53. The van der Waals surface area contributed by atoms with Crippen LogP contribution in [0.3, 0.4) is 0 Å². The molecule has 1 heterocycles. The third kappa shape index (κ3) is 2.03. The molecule has 0 saturated carbocycles. The summed E-state index contributed by atoms with van der Waals surface area (Å²) in [6.07, 6.45) is 3.49. The zero-order chi connectivity index (χ0) is 9.10. The molecule has 0 aliphatic rings. The molecule has 0 aliphatic heterocycles. The van der Waals surface area contributed by atoms with E-state index in [1.807, 2.05) is 12.1 Å². The van der Waals surface area contributed by atoms with Crippen LogP contribution < -0.4 is 0 Å². The van der Waals surface area contributed by atoms with Crippen molar-refractivity contribution in [1.29, 1.82) is 0 Å². The Morgan fingerprint density at radius 1 is 1.23 bits per heavy atom. The van der Waals surface area contributed by atoms with E-state index in [-0.39, 0.29) is 5.75 Å². The van der Waals surface area contributed by atoms with Crippen LogP contribution >= 0.6 is 11.8 Å². The smallest absolute Gasteiger partial charge is 0.170 e. The maximum absolute atomic E-state index is 9.05. The zero-order valence-corrected chi connectivity index (χ0v) is 7.58. The third-order valence-electron chi connectivity index (χ3n) is 1.52. The van der Waals surface area contributed by atoms with Crippen molar-refractivity contribution in [3.63, 3.8) is 0 Å². The normalized spacial score (nSPS) is 10.2. The van der Waals surface area contributed by atoms with Crippen LogP contribution in [-0.4, -0.2) is 15.1 Å². The number of phenols is 1. The number of nitrogens with one attached hydrogen (secondary N) is 1. The van der Waals surface area contributed by atoms with E-state index in [2.05, 4.69) is 9.97 Å². The van der Waals surface area contributed by atoms with Gasteiger partial charge in [0, 0.05) is 17.3 Å². The van der Waals surface area contributed by atoms with Gasteiger partial charge in [0.1, 0.15) is 5.75 Å². The Hall–Kier alpha value is -1.42. The van der Waals surface area contributed by atoms with Gasteiger partial charge < -0.3 is 10.1 Å². The lowest BCUT2D eigenvalue weighted by Gasteiger charge is -1.97. The Morgan fingerprint density at radius 2 is 2.00 bits per heavy atom. The summed E-state index contributed by atoms with van der Waals surface area (Å²) in [7, 11) is 0. The van der Waals surface area contributed by atoms with Crippen molar-refractivity contribution >= 4 is 11.8 Å². The number of hydrogen-bond donors (Lipinski definition) is 2. The quantitative estimate of drug-likeness (QED) is 0.767. The first-order chi connectivity index (χ1) is 6.34. The highest BCUT2D eigenvalue weighted by molar-refractivity contribution is 7.99. The molecule has 0 bridgehead atoms. The number of aromatic amines is 1. The van der Waals surface area contributed by atoms with E-state index in [9.17, 15) is 0 Å². The van der Waals surface area contributed by atoms with Gasteiger partial charge in [-0.15, -0.1) is 0 Å². The van der Waals surface area contributed by atoms with E-state index < -0.39 is 0 Å². The fourth-order valence-electron chi connectivity index (χ4n) is 0.932. The molecule has 2 rings (SSSR count). The van der Waals surface area contributed by atoms with Gasteiger partial charge in [-0.1, -0.05) is 11.8 Å². The van der Waals surface area contributed by atoms with E-state index in [0.717, 1.165) is 10.1 Å². The Bertz CT molecular complexity index is 369. The summed E-state index contributed by atoms with van der Waals surface area (Å²) in [5, 5.41) is 9.90. The average Bonchev–Trinajstić information content (AvgIpc) is 2.62. The largest absolute Gasteiger partial charge is 0.508 e. The molecule has 1 aromatic carbocycles. The summed E-state index contributed by atoms with van der Waals surface area (Å²) in [4.78, 5) is 8.12. The highest BCUT2D eigenvalue weighted by atomic mass is 32.2. The monoisotopic (exact) mass is 192 g/mol. The van der Waals surface area contributed by atoms with Gasteiger partial charge >= 0.3 is 0 Å². The van der Waals surface area contributed by atoms with Crippen LogP contribution in [0.4, 0.5) is 0 Å². The number of hydrogen-bond acceptors (Lipinski definition) is 3. The van der Waals surface area contributed by atoms with Crippen LogP contribution in [-0.2, 0) is 0 Å². The van der Waals surface area contributed by atoms with Crippen molar-refractivity contribution in [3.05, 3.63) is 36.7 Å². The van der Waals surface area contributed by atoms with Gasteiger partial charge in [-0.2, -0.15) is 0 Å². The maximum Gasteiger partial charge on any atom is 0.170 e. The zero-order valence-electron chi connectivity index (χ0n) is 6.77. The van der Waals surface area contributed by atoms with Gasteiger partial charge in [0.05, 0.1) is 0 Å². The Kier molecular flexibility index (Phi) is 2.23. The molecule has 0 amide bonds. The lowest BCUT2D eigenvalue weighted by molar-refractivity contribution is 0.475. The number of aromatic nitrogens is 2. The number of benzene rings is 1. The molecule has 0 spiro atoms. The second-order valence-electron chi connectivity index (χ2n) is 2.49. The first kappa shape index (κ1) is 8.19. The van der Waals surface area contributed by atoms with Crippen LogP contribution in [0.2, 0.25) is 0 Å². The average molecular weight is 192 g/mol. The summed E-state index contributed by atoms with van der Waals surface area (Å²) >= 11 is 1.53. The lowest BCUT2D eigenvalue weighted by Crippen LogP contribution is -1.74. The molecule has 2 N–H and O–H groups in total. The summed E-state index contributed by atoms with van der Waals surface area (Å²) < 4.78 is 0. The lowest BCUT2D eigenvalue weighted by atomic mass is 10.3. The predicted molar refractivity (Wildman–Crippen MR) is 50.8 cm³/mol. The fraction of sp³-hybridized carbons (Fsp3) is 0. The first-order valence-corrected chi connectivity index (χ1v) is 4.62. The minimum Gasteiger partial charge on any atom is -0.508 e. The molecule has 0 radical (unpaired) electrons. The Balaban J connectivity index is 2.15. The van der Waals surface area contributed by atoms with E-state index in [0.29, 0.717) is 0 Å². The number of imidazole rings is 1. The van der Waals surface area contributed by atoms with Gasteiger partial charge in [0.15, 0.2) is 5.16 Å². The van der Waals surface area contributed by atoms with Crippen molar-refractivity contribution in [2.24, 2.45) is 0 Å². The number of H-pyrrole nitrogens is 1. The molecular formula is C9H8N2OS. The van der Waals surface area contributed by atoms with Crippen LogP contribution in [0.25, 0.3) is 0 Å². The third-order valence-corrected chi connectivity index (χ3v) is 2.45. The molecule has 3 nitrogen and oxygen atoms in total. The molecule has 0 atom stereocenters. The predicted octanol–water partition coefficient (Wildman–Crippen LogP) is 2.27. The molecule has 0 fully saturated rings. The van der Waals surface area contributed by atoms with Crippen molar-refractivity contribution in [2.75, 3.05) is 0 Å². The summed E-state index contributed by atoms with van der Waals surface area (Å²) in [5.74, 6) is 0.281. The van der Waals surface area contributed by atoms with E-state index in [1.165, 1.54) is 11.8 Å². The van der Waals surface area contributed by atoms with Crippen molar-refractivity contribution in [2.45, 2.75) is 10.1 Å². The molecule has 0 aliphatic carbocycles. The maximum atomic E-state index is 9.05. The molecular weight excluding hydrogens is 184 g/mol. The summed E-state index contributed by atoms with van der Waals surface area (Å²) in [5.41, 5.74) is 0. The molecule has 66 valence electrons. The number of aromatic hydroxyl groups is 1. The van der Waals surface area contributed by atoms with E-state index >= 15 is 0 Å². The van der Waals surface area contributed by atoms with Gasteiger partial charge in [0.2, 0.25) is 0 Å². The minimum absolute atomic E-state index is 0.281. The number of nitrogens with zero attached hydrogens (tertiary/aromatic N) is 1. The van der Waals surface area contributed by atoms with Crippen LogP contribution in [0, 0.1) is 0 Å². The van der Waals surface area contributed by atoms with E-state index in [4.69, 9.17) is 5.11 Å². The molecule has 4 heteroatoms. The molecule has 13 heavy (non-hydrogen) atoms. The molecule has 2 aromatic rings. The highest BCUT2D eigenvalue weighted by Crippen LogP contribution is 2.25. The minimum atomic E-state index is 0.281. The fourth-order valence-corrected chi connectivity index (χ4v) is 1.67. The van der Waals surface area contributed by atoms with E-state index in [1.54, 1.807) is 24.5 Å².